The topological polar surface area (TPSA) is 126 Å². The maximum Gasteiger partial charge on any atom is 0.350 e. The lowest BCUT2D eigenvalue weighted by Gasteiger charge is -2.23. The zero-order chi connectivity index (χ0) is 30.7. The highest BCUT2D eigenvalue weighted by Gasteiger charge is 2.48. The van der Waals surface area contributed by atoms with Crippen molar-refractivity contribution in [2.24, 2.45) is 0 Å². The highest BCUT2D eigenvalue weighted by molar-refractivity contribution is 7.17. The first-order valence-electron chi connectivity index (χ1n) is 13.3. The molecule has 1 fully saturated rings. The van der Waals surface area contributed by atoms with E-state index in [9.17, 15) is 24.6 Å². The fourth-order valence-electron chi connectivity index (χ4n) is 4.75. The van der Waals surface area contributed by atoms with E-state index in [0.29, 0.717) is 23.6 Å². The van der Waals surface area contributed by atoms with Gasteiger partial charge in [-0.25, -0.2) is 9.78 Å². The molecule has 43 heavy (non-hydrogen) atoms. The predicted molar refractivity (Wildman–Crippen MR) is 162 cm³/mol. The molecular formula is C33H28N2O7S. The van der Waals surface area contributed by atoms with Crippen LogP contribution in [-0.4, -0.2) is 39.5 Å². The van der Waals surface area contributed by atoms with Crippen molar-refractivity contribution in [3.8, 4) is 11.5 Å². The Kier molecular flexibility index (Phi) is 8.40. The second-order valence-electron chi connectivity index (χ2n) is 9.86. The smallest absolute Gasteiger partial charge is 0.350 e. The molecule has 3 aromatic carbocycles. The molecule has 0 spiro atoms. The van der Waals surface area contributed by atoms with Gasteiger partial charge in [-0.15, -0.1) is 0 Å². The van der Waals surface area contributed by atoms with E-state index in [1.807, 2.05) is 31.2 Å². The number of amides is 1. The van der Waals surface area contributed by atoms with Gasteiger partial charge in [0.25, 0.3) is 5.78 Å². The van der Waals surface area contributed by atoms with Crippen LogP contribution in [-0.2, 0) is 20.9 Å². The average molecular weight is 597 g/mol. The van der Waals surface area contributed by atoms with Crippen molar-refractivity contribution in [3.63, 3.8) is 0 Å². The summed E-state index contributed by atoms with van der Waals surface area (Å²) >= 11 is 0.889. The first-order chi connectivity index (χ1) is 20.7. The Hall–Kier alpha value is -5.22. The highest BCUT2D eigenvalue weighted by atomic mass is 32.1. The Labute approximate surface area is 252 Å². The van der Waals surface area contributed by atoms with Crippen LogP contribution >= 0.6 is 11.3 Å². The fraction of sp³-hybridized carbons (Fsp3) is 0.152. The SMILES string of the molecule is C=CCOC(=O)c1sc(N2C(=O)C(=O)/C(=C(/O)c3ccc(OCc4cccc(C)c4)cc3)C2c2cccc(O)c2)nc1C. The summed E-state index contributed by atoms with van der Waals surface area (Å²) in [7, 11) is 0. The number of phenols is 1. The van der Waals surface area contributed by atoms with Crippen molar-refractivity contribution in [1.82, 2.24) is 4.98 Å². The molecular weight excluding hydrogens is 568 g/mol. The van der Waals surface area contributed by atoms with E-state index < -0.39 is 29.5 Å². The third kappa shape index (κ3) is 6.05. The Balaban J connectivity index is 1.52. The molecule has 1 aliphatic rings. The Bertz CT molecular complexity index is 1760. The lowest BCUT2D eigenvalue weighted by molar-refractivity contribution is -0.132. The molecule has 218 valence electrons. The van der Waals surface area contributed by atoms with Gasteiger partial charge in [0, 0.05) is 5.56 Å². The summed E-state index contributed by atoms with van der Waals surface area (Å²) in [4.78, 5) is 45.2. The summed E-state index contributed by atoms with van der Waals surface area (Å²) in [6, 6.07) is 19.4. The van der Waals surface area contributed by atoms with E-state index in [4.69, 9.17) is 9.47 Å². The van der Waals surface area contributed by atoms with Gasteiger partial charge in [0.05, 0.1) is 17.3 Å². The van der Waals surface area contributed by atoms with Crippen molar-refractivity contribution in [2.45, 2.75) is 26.5 Å². The van der Waals surface area contributed by atoms with Gasteiger partial charge in [-0.1, -0.05) is 66.0 Å². The van der Waals surface area contributed by atoms with Gasteiger partial charge < -0.3 is 19.7 Å². The monoisotopic (exact) mass is 596 g/mol. The van der Waals surface area contributed by atoms with E-state index in [1.165, 1.54) is 18.2 Å². The molecule has 5 rings (SSSR count). The molecule has 10 heteroatoms. The Morgan fingerprint density at radius 1 is 1.07 bits per heavy atom. The number of carbonyl (C=O) groups is 3. The standard InChI is InChI=1S/C33H28N2O7S/c1-4-15-41-32(40)30-20(3)34-33(43-30)35-27(23-9-6-10-24(36)17-23)26(29(38)31(35)39)28(37)22-11-13-25(14-12-22)42-18-21-8-5-7-19(2)16-21/h4-14,16-17,27,36-37H,1,15,18H2,2-3H3/b28-26+. The zero-order valence-electron chi connectivity index (χ0n) is 23.4. The number of esters is 1. The van der Waals surface area contributed by atoms with Crippen LogP contribution < -0.4 is 9.64 Å². The molecule has 1 aliphatic heterocycles. The largest absolute Gasteiger partial charge is 0.508 e. The van der Waals surface area contributed by atoms with Crippen LogP contribution in [0.2, 0.25) is 0 Å². The van der Waals surface area contributed by atoms with Crippen molar-refractivity contribution in [3.05, 3.63) is 124 Å². The molecule has 1 aromatic heterocycles. The second-order valence-corrected chi connectivity index (χ2v) is 10.8. The van der Waals surface area contributed by atoms with Crippen molar-refractivity contribution >= 4 is 39.9 Å². The molecule has 1 saturated heterocycles. The first kappa shape index (κ1) is 29.3. The van der Waals surface area contributed by atoms with Gasteiger partial charge in [-0.2, -0.15) is 0 Å². The number of carbonyl (C=O) groups excluding carboxylic acids is 3. The number of anilines is 1. The molecule has 0 bridgehead atoms. The summed E-state index contributed by atoms with van der Waals surface area (Å²) in [5.74, 6) is -2.46. The normalized spacial score (nSPS) is 15.9. The lowest BCUT2D eigenvalue weighted by atomic mass is 9.95. The van der Waals surface area contributed by atoms with E-state index in [2.05, 4.69) is 11.6 Å². The van der Waals surface area contributed by atoms with Gasteiger partial charge in [-0.05, 0) is 61.4 Å². The van der Waals surface area contributed by atoms with Crippen LogP contribution in [0.15, 0.2) is 91.0 Å². The number of aliphatic hydroxyl groups is 1. The molecule has 2 N–H and O–H groups in total. The number of ketones is 1. The third-order valence-electron chi connectivity index (χ3n) is 6.76. The number of aromatic hydroxyl groups is 1. The van der Waals surface area contributed by atoms with Crippen LogP contribution in [0.3, 0.4) is 0 Å². The number of nitrogens with zero attached hydrogens (tertiary/aromatic N) is 2. The van der Waals surface area contributed by atoms with E-state index in [0.717, 1.165) is 27.4 Å². The summed E-state index contributed by atoms with van der Waals surface area (Å²) in [6.45, 7) is 7.47. The number of phenolic OH excluding ortho intramolecular Hbond substituents is 1. The molecule has 9 nitrogen and oxygen atoms in total. The van der Waals surface area contributed by atoms with E-state index in [1.54, 1.807) is 43.3 Å². The maximum absolute atomic E-state index is 13.5. The van der Waals surface area contributed by atoms with Crippen LogP contribution in [0, 0.1) is 13.8 Å². The number of Topliss-reactive ketones (excluding diaryl/α,β-unsaturated/α-hetero) is 1. The first-order valence-corrected chi connectivity index (χ1v) is 14.1. The molecule has 2 heterocycles. The van der Waals surface area contributed by atoms with Gasteiger partial charge in [0.2, 0.25) is 0 Å². The van der Waals surface area contributed by atoms with Crippen LogP contribution in [0.1, 0.15) is 43.7 Å². The minimum atomic E-state index is -1.13. The lowest BCUT2D eigenvalue weighted by Crippen LogP contribution is -2.29. The molecule has 1 amide bonds. The molecule has 1 unspecified atom stereocenters. The maximum atomic E-state index is 13.5. The average Bonchev–Trinajstić information content (AvgIpc) is 3.51. The fourth-order valence-corrected chi connectivity index (χ4v) is 5.74. The number of aromatic nitrogens is 1. The highest BCUT2D eigenvalue weighted by Crippen LogP contribution is 2.44. The van der Waals surface area contributed by atoms with Crippen LogP contribution in [0.5, 0.6) is 11.5 Å². The van der Waals surface area contributed by atoms with Gasteiger partial charge in [0.15, 0.2) is 5.13 Å². The predicted octanol–water partition coefficient (Wildman–Crippen LogP) is 6.01. The number of ether oxygens (including phenoxy) is 2. The van der Waals surface area contributed by atoms with Crippen molar-refractivity contribution in [2.75, 3.05) is 11.5 Å². The Morgan fingerprint density at radius 2 is 1.81 bits per heavy atom. The number of hydrogen-bond acceptors (Lipinski definition) is 9. The summed E-state index contributed by atoms with van der Waals surface area (Å²) < 4.78 is 11.0. The van der Waals surface area contributed by atoms with Gasteiger partial charge in [0.1, 0.15) is 35.3 Å². The Morgan fingerprint density at radius 3 is 2.51 bits per heavy atom. The van der Waals surface area contributed by atoms with E-state index in [-0.39, 0.29) is 33.5 Å². The second kappa shape index (κ2) is 12.3. The minimum Gasteiger partial charge on any atom is -0.508 e. The summed E-state index contributed by atoms with van der Waals surface area (Å²) in [5, 5.41) is 21.7. The number of hydrogen-bond donors (Lipinski definition) is 2. The summed E-state index contributed by atoms with van der Waals surface area (Å²) in [5.41, 5.74) is 2.90. The van der Waals surface area contributed by atoms with Crippen molar-refractivity contribution < 1.29 is 34.1 Å². The third-order valence-corrected chi connectivity index (χ3v) is 7.89. The van der Waals surface area contributed by atoms with Crippen LogP contribution in [0.4, 0.5) is 5.13 Å². The van der Waals surface area contributed by atoms with Gasteiger partial charge >= 0.3 is 11.9 Å². The van der Waals surface area contributed by atoms with Gasteiger partial charge in [-0.3, -0.25) is 14.5 Å². The molecule has 1 atom stereocenters. The molecule has 4 aromatic rings. The number of aliphatic hydroxyl groups excluding tert-OH is 1. The minimum absolute atomic E-state index is 0.00489. The quantitative estimate of drug-likeness (QED) is 0.0791. The zero-order valence-corrected chi connectivity index (χ0v) is 24.3. The molecule has 0 radical (unpaired) electrons. The number of thiazole rings is 1. The number of rotatable bonds is 9. The molecule has 0 aliphatic carbocycles. The number of aryl methyl sites for hydroxylation is 2. The van der Waals surface area contributed by atoms with Crippen molar-refractivity contribution in [1.29, 1.82) is 0 Å². The number of benzene rings is 3. The van der Waals surface area contributed by atoms with E-state index >= 15 is 0 Å². The summed E-state index contributed by atoms with van der Waals surface area (Å²) in [6.07, 6.45) is 1.43. The molecule has 0 saturated carbocycles. The van der Waals surface area contributed by atoms with Crippen LogP contribution in [0.25, 0.3) is 5.76 Å².